The molecule has 2 aromatic rings. The van der Waals surface area contributed by atoms with Crippen molar-refractivity contribution in [2.24, 2.45) is 14.1 Å². The molecule has 0 amide bonds. The average molecular weight is 273 g/mol. The quantitative estimate of drug-likeness (QED) is 0.891. The lowest BCUT2D eigenvalue weighted by atomic mass is 10.1. The Morgan fingerprint density at radius 1 is 1.15 bits per heavy atom. The minimum Gasteiger partial charge on any atom is -0.308 e. The Hall–Kier alpha value is -2.14. The predicted molar refractivity (Wildman–Crippen MR) is 78.6 cm³/mol. The average Bonchev–Trinajstić information content (AvgIpc) is 2.42. The second-order valence-electron chi connectivity index (χ2n) is 5.00. The van der Waals surface area contributed by atoms with Crippen LogP contribution in [0, 0.1) is 6.92 Å². The van der Waals surface area contributed by atoms with Crippen LogP contribution in [0.3, 0.4) is 0 Å². The number of hydrogen-bond acceptors (Lipinski definition) is 3. The highest BCUT2D eigenvalue weighted by molar-refractivity contribution is 5.22. The van der Waals surface area contributed by atoms with Crippen LogP contribution in [0.4, 0.5) is 0 Å². The molecule has 0 unspecified atom stereocenters. The maximum absolute atomic E-state index is 11.9. The van der Waals surface area contributed by atoms with Gasteiger partial charge in [0.25, 0.3) is 5.56 Å². The van der Waals surface area contributed by atoms with E-state index in [2.05, 4.69) is 11.4 Å². The number of aryl methyl sites for hydroxylation is 2. The molecule has 0 aliphatic carbocycles. The molecule has 5 heteroatoms. The van der Waals surface area contributed by atoms with Crippen molar-refractivity contribution in [1.82, 2.24) is 14.5 Å². The molecule has 0 bridgehead atoms. The van der Waals surface area contributed by atoms with E-state index in [1.165, 1.54) is 22.7 Å². The summed E-state index contributed by atoms with van der Waals surface area (Å²) >= 11 is 0. The van der Waals surface area contributed by atoms with Gasteiger partial charge in [0, 0.05) is 38.9 Å². The second kappa shape index (κ2) is 5.88. The van der Waals surface area contributed by atoms with Crippen LogP contribution in [0.1, 0.15) is 16.7 Å². The third-order valence-corrected chi connectivity index (χ3v) is 3.24. The summed E-state index contributed by atoms with van der Waals surface area (Å²) in [5.41, 5.74) is 2.42. The van der Waals surface area contributed by atoms with Crippen LogP contribution in [0.15, 0.2) is 40.1 Å². The fraction of sp³-hybridized carbons (Fsp3) is 0.333. The molecule has 5 nitrogen and oxygen atoms in total. The molecule has 106 valence electrons. The summed E-state index contributed by atoms with van der Waals surface area (Å²) in [5.74, 6) is 0. The van der Waals surface area contributed by atoms with Crippen molar-refractivity contribution in [2.45, 2.75) is 20.0 Å². The van der Waals surface area contributed by atoms with Gasteiger partial charge in [0.2, 0.25) is 0 Å². The van der Waals surface area contributed by atoms with E-state index in [1.807, 2.05) is 25.1 Å². The lowest BCUT2D eigenvalue weighted by Gasteiger charge is -2.08. The maximum Gasteiger partial charge on any atom is 0.330 e. The van der Waals surface area contributed by atoms with E-state index in [0.29, 0.717) is 18.7 Å². The largest absolute Gasteiger partial charge is 0.330 e. The molecule has 20 heavy (non-hydrogen) atoms. The Morgan fingerprint density at radius 3 is 2.60 bits per heavy atom. The molecule has 0 aliphatic rings. The minimum absolute atomic E-state index is 0.246. The normalized spacial score (nSPS) is 10.8. The zero-order valence-corrected chi connectivity index (χ0v) is 12.0. The van der Waals surface area contributed by atoms with Crippen molar-refractivity contribution in [2.75, 3.05) is 0 Å². The van der Waals surface area contributed by atoms with E-state index >= 15 is 0 Å². The second-order valence-corrected chi connectivity index (χ2v) is 5.00. The first kappa shape index (κ1) is 14.3. The van der Waals surface area contributed by atoms with Crippen molar-refractivity contribution in [3.05, 3.63) is 68.0 Å². The minimum atomic E-state index is -0.308. The molecule has 0 radical (unpaired) electrons. The summed E-state index contributed by atoms with van der Waals surface area (Å²) in [5, 5.41) is 3.23. The van der Waals surface area contributed by atoms with Crippen LogP contribution >= 0.6 is 0 Å². The fourth-order valence-electron chi connectivity index (χ4n) is 2.17. The van der Waals surface area contributed by atoms with E-state index in [4.69, 9.17) is 0 Å². The Kier molecular flexibility index (Phi) is 4.20. The van der Waals surface area contributed by atoms with Crippen LogP contribution in [0.5, 0.6) is 0 Å². The third kappa shape index (κ3) is 3.05. The van der Waals surface area contributed by atoms with Gasteiger partial charge in [-0.1, -0.05) is 29.8 Å². The molecular formula is C15H19N3O2. The van der Waals surface area contributed by atoms with Crippen molar-refractivity contribution < 1.29 is 0 Å². The zero-order valence-electron chi connectivity index (χ0n) is 12.0. The third-order valence-electron chi connectivity index (χ3n) is 3.24. The monoisotopic (exact) mass is 273 g/mol. The number of benzene rings is 1. The molecule has 0 saturated carbocycles. The summed E-state index contributed by atoms with van der Waals surface area (Å²) in [6.07, 6.45) is 1.59. The van der Waals surface area contributed by atoms with Gasteiger partial charge in [-0.05, 0) is 12.5 Å². The first-order valence-electron chi connectivity index (χ1n) is 6.51. The lowest BCUT2D eigenvalue weighted by molar-refractivity contribution is 0.630. The highest BCUT2D eigenvalue weighted by Crippen LogP contribution is 2.03. The van der Waals surface area contributed by atoms with Gasteiger partial charge in [-0.15, -0.1) is 0 Å². The van der Waals surface area contributed by atoms with Gasteiger partial charge in [-0.3, -0.25) is 9.36 Å². The molecule has 1 N–H and O–H groups in total. The van der Waals surface area contributed by atoms with Gasteiger partial charge in [0.1, 0.15) is 0 Å². The Labute approximate surface area is 117 Å². The van der Waals surface area contributed by atoms with E-state index in [9.17, 15) is 9.59 Å². The molecule has 0 saturated heterocycles. The van der Waals surface area contributed by atoms with E-state index in [-0.39, 0.29) is 11.2 Å². The number of nitrogens with one attached hydrogen (secondary N) is 1. The maximum atomic E-state index is 11.9. The number of rotatable bonds is 4. The topological polar surface area (TPSA) is 56.0 Å². The molecule has 0 spiro atoms. The smallest absolute Gasteiger partial charge is 0.308 e. The summed E-state index contributed by atoms with van der Waals surface area (Å²) in [6, 6.07) is 8.20. The SMILES string of the molecule is Cc1cccc(CNCc2cn(C)c(=O)n(C)c2=O)c1. The highest BCUT2D eigenvalue weighted by atomic mass is 16.2. The molecule has 0 fully saturated rings. The Balaban J connectivity index is 2.09. The number of nitrogens with zero attached hydrogens (tertiary/aromatic N) is 2. The Bertz CT molecular complexity index is 729. The van der Waals surface area contributed by atoms with Crippen LogP contribution < -0.4 is 16.6 Å². The number of aromatic nitrogens is 2. The van der Waals surface area contributed by atoms with Crippen molar-refractivity contribution >= 4 is 0 Å². The zero-order chi connectivity index (χ0) is 14.7. The molecule has 0 atom stereocenters. The van der Waals surface area contributed by atoms with Gasteiger partial charge in [0.15, 0.2) is 0 Å². The first-order valence-corrected chi connectivity index (χ1v) is 6.51. The van der Waals surface area contributed by atoms with Gasteiger partial charge >= 0.3 is 5.69 Å². The van der Waals surface area contributed by atoms with E-state index < -0.39 is 0 Å². The van der Waals surface area contributed by atoms with E-state index in [1.54, 1.807) is 13.2 Å². The van der Waals surface area contributed by atoms with Gasteiger partial charge in [0.05, 0.1) is 0 Å². The van der Waals surface area contributed by atoms with Crippen LogP contribution in [-0.2, 0) is 27.2 Å². The van der Waals surface area contributed by atoms with Gasteiger partial charge in [-0.2, -0.15) is 0 Å². The molecule has 2 rings (SSSR count). The Morgan fingerprint density at radius 2 is 1.90 bits per heavy atom. The van der Waals surface area contributed by atoms with Crippen molar-refractivity contribution in [1.29, 1.82) is 0 Å². The number of hydrogen-bond donors (Lipinski definition) is 1. The van der Waals surface area contributed by atoms with E-state index in [0.717, 1.165) is 4.57 Å². The fourth-order valence-corrected chi connectivity index (χ4v) is 2.17. The molecule has 1 aromatic carbocycles. The van der Waals surface area contributed by atoms with Crippen molar-refractivity contribution in [3.8, 4) is 0 Å². The molecular weight excluding hydrogens is 254 g/mol. The summed E-state index contributed by atoms with van der Waals surface area (Å²) in [6.45, 7) is 3.18. The standard InChI is InChI=1S/C15H19N3O2/c1-11-5-4-6-12(7-11)8-16-9-13-10-17(2)15(20)18(3)14(13)19/h4-7,10,16H,8-9H2,1-3H3. The van der Waals surface area contributed by atoms with Gasteiger partial charge in [-0.25, -0.2) is 4.79 Å². The van der Waals surface area contributed by atoms with Crippen LogP contribution in [0.2, 0.25) is 0 Å². The highest BCUT2D eigenvalue weighted by Gasteiger charge is 2.06. The summed E-state index contributed by atoms with van der Waals surface area (Å²) < 4.78 is 2.55. The first-order chi connectivity index (χ1) is 9.49. The summed E-state index contributed by atoms with van der Waals surface area (Å²) in [7, 11) is 3.14. The van der Waals surface area contributed by atoms with Gasteiger partial charge < -0.3 is 9.88 Å². The summed E-state index contributed by atoms with van der Waals surface area (Å²) in [4.78, 5) is 23.5. The van der Waals surface area contributed by atoms with Crippen molar-refractivity contribution in [3.63, 3.8) is 0 Å². The van der Waals surface area contributed by atoms with Crippen LogP contribution in [-0.4, -0.2) is 9.13 Å². The molecule has 0 aliphatic heterocycles. The molecule has 1 heterocycles. The lowest BCUT2D eigenvalue weighted by Crippen LogP contribution is -2.39. The van der Waals surface area contributed by atoms with Crippen LogP contribution in [0.25, 0.3) is 0 Å². The predicted octanol–water partition coefficient (Wildman–Crippen LogP) is 0.682. The molecule has 1 aromatic heterocycles.